The molecule has 0 N–H and O–H groups in total. The van der Waals surface area contributed by atoms with E-state index in [4.69, 9.17) is 9.47 Å². The molecule has 0 bridgehead atoms. The Morgan fingerprint density at radius 3 is 2.42 bits per heavy atom. The van der Waals surface area contributed by atoms with Crippen molar-refractivity contribution in [2.45, 2.75) is 32.6 Å². The van der Waals surface area contributed by atoms with Crippen LogP contribution in [0, 0.1) is 6.92 Å². The predicted octanol–water partition coefficient (Wildman–Crippen LogP) is 5.19. The fourth-order valence-corrected chi connectivity index (χ4v) is 5.72. The second-order valence-corrected chi connectivity index (χ2v) is 9.44. The number of para-hydroxylation sites is 1. The van der Waals surface area contributed by atoms with E-state index < -0.39 is 0 Å². The average Bonchev–Trinajstić information content (AvgIpc) is 2.81. The molecule has 0 radical (unpaired) electrons. The third kappa shape index (κ3) is 5.47. The second-order valence-electron chi connectivity index (χ2n) is 8.15. The van der Waals surface area contributed by atoms with Crippen molar-refractivity contribution in [3.8, 4) is 5.75 Å². The van der Waals surface area contributed by atoms with Crippen LogP contribution in [0.4, 0.5) is 5.69 Å². The Labute approximate surface area is 188 Å². The third-order valence-electron chi connectivity index (χ3n) is 5.86. The van der Waals surface area contributed by atoms with Crippen molar-refractivity contribution in [3.63, 3.8) is 0 Å². The van der Waals surface area contributed by atoms with E-state index in [-0.39, 0.29) is 6.79 Å². The molecule has 1 fully saturated rings. The molecule has 1 aliphatic heterocycles. The second kappa shape index (κ2) is 10.8. The van der Waals surface area contributed by atoms with E-state index in [1.165, 1.54) is 52.2 Å². The first-order chi connectivity index (χ1) is 15.3. The van der Waals surface area contributed by atoms with Crippen molar-refractivity contribution < 1.29 is 9.47 Å². The summed E-state index contributed by atoms with van der Waals surface area (Å²) in [5.41, 5.74) is 5.24. The molecule has 4 rings (SSSR count). The van der Waals surface area contributed by atoms with Gasteiger partial charge in [0, 0.05) is 42.9 Å². The Balaban J connectivity index is 1.69. The summed E-state index contributed by atoms with van der Waals surface area (Å²) in [7, 11) is 2.22. The molecule has 0 aliphatic carbocycles. The zero-order valence-corrected chi connectivity index (χ0v) is 19.6. The summed E-state index contributed by atoms with van der Waals surface area (Å²) < 4.78 is 11.4. The van der Waals surface area contributed by atoms with Crippen LogP contribution >= 0.6 is 8.58 Å². The van der Waals surface area contributed by atoms with Gasteiger partial charge in [0.25, 0.3) is 0 Å². The zero-order valence-electron chi connectivity index (χ0n) is 18.6. The molecule has 0 saturated carbocycles. The third-order valence-corrected chi connectivity index (χ3v) is 7.43. The summed E-state index contributed by atoms with van der Waals surface area (Å²) >= 11 is 0. The number of aryl methyl sites for hydroxylation is 1. The molecule has 4 heteroatoms. The van der Waals surface area contributed by atoms with Crippen LogP contribution in [0.1, 0.15) is 36.0 Å². The normalized spacial score (nSPS) is 14.3. The van der Waals surface area contributed by atoms with E-state index in [9.17, 15) is 0 Å². The Morgan fingerprint density at radius 1 is 0.871 bits per heavy atom. The lowest BCUT2D eigenvalue weighted by Gasteiger charge is -2.31. The Hall–Kier alpha value is -2.35. The van der Waals surface area contributed by atoms with Gasteiger partial charge in [-0.1, -0.05) is 69.2 Å². The monoisotopic (exact) mass is 433 g/mol. The predicted molar refractivity (Wildman–Crippen MR) is 133 cm³/mol. The molecule has 1 aliphatic rings. The summed E-state index contributed by atoms with van der Waals surface area (Å²) in [6.07, 6.45) is 4.76. The number of benzene rings is 3. The summed E-state index contributed by atoms with van der Waals surface area (Å²) in [4.78, 5) is 2.57. The molecule has 1 heterocycles. The minimum Gasteiger partial charge on any atom is -0.467 e. The molecule has 1 atom stereocenters. The molecule has 1 saturated heterocycles. The van der Waals surface area contributed by atoms with Crippen molar-refractivity contribution in [2.75, 3.05) is 31.9 Å². The molecular weight excluding hydrogens is 401 g/mol. The quantitative estimate of drug-likeness (QED) is 0.361. The van der Waals surface area contributed by atoms with Crippen molar-refractivity contribution in [2.24, 2.45) is 0 Å². The minimum atomic E-state index is 0.260. The maximum atomic E-state index is 6.16. The molecule has 0 amide bonds. The summed E-state index contributed by atoms with van der Waals surface area (Å²) in [6, 6.07) is 23.9. The number of hydrogen-bond acceptors (Lipinski definition) is 3. The summed E-state index contributed by atoms with van der Waals surface area (Å²) in [6.45, 7) is 4.80. The highest BCUT2D eigenvalue weighted by Crippen LogP contribution is 2.31. The molecule has 0 aromatic heterocycles. The van der Waals surface area contributed by atoms with Gasteiger partial charge in [0.05, 0.1) is 0 Å². The van der Waals surface area contributed by atoms with E-state index in [0.29, 0.717) is 8.58 Å². The van der Waals surface area contributed by atoms with E-state index >= 15 is 0 Å². The molecule has 31 heavy (non-hydrogen) atoms. The molecule has 3 aromatic rings. The highest BCUT2D eigenvalue weighted by atomic mass is 31.1. The molecule has 1 unspecified atom stereocenters. The number of rotatable bonds is 8. The van der Waals surface area contributed by atoms with Gasteiger partial charge in [-0.15, -0.1) is 0 Å². The van der Waals surface area contributed by atoms with Crippen LogP contribution in [0.5, 0.6) is 5.75 Å². The summed E-state index contributed by atoms with van der Waals surface area (Å²) in [5.74, 6) is 0.972. The maximum Gasteiger partial charge on any atom is 0.188 e. The Bertz CT molecular complexity index is 984. The summed E-state index contributed by atoms with van der Waals surface area (Å²) in [5, 5.41) is 2.68. The number of hydrogen-bond donors (Lipinski definition) is 0. The van der Waals surface area contributed by atoms with Crippen molar-refractivity contribution in [3.05, 3.63) is 83.4 Å². The lowest BCUT2D eigenvalue weighted by atomic mass is 10.0. The zero-order chi connectivity index (χ0) is 21.5. The van der Waals surface area contributed by atoms with Gasteiger partial charge in [-0.3, -0.25) is 0 Å². The highest BCUT2D eigenvalue weighted by Gasteiger charge is 2.18. The van der Waals surface area contributed by atoms with E-state index in [1.54, 1.807) is 7.11 Å². The number of methoxy groups -OCH3 is 1. The Kier molecular flexibility index (Phi) is 7.61. The lowest BCUT2D eigenvalue weighted by molar-refractivity contribution is 0.0513. The molecule has 162 valence electrons. The maximum absolute atomic E-state index is 6.16. The molecule has 0 spiro atoms. The number of ether oxygens (including phenoxy) is 2. The average molecular weight is 434 g/mol. The van der Waals surface area contributed by atoms with Gasteiger partial charge in [-0.25, -0.2) is 0 Å². The van der Waals surface area contributed by atoms with Crippen LogP contribution in [0.25, 0.3) is 0 Å². The van der Waals surface area contributed by atoms with Gasteiger partial charge in [0.1, 0.15) is 5.75 Å². The number of anilines is 1. The van der Waals surface area contributed by atoms with Crippen LogP contribution in [0.3, 0.4) is 0 Å². The van der Waals surface area contributed by atoms with Gasteiger partial charge in [-0.2, -0.15) is 0 Å². The SMILES string of the molecule is COCOc1c(Cc2ccccc2)cccc1Pc1c(C)cccc1N1CCCCC1. The first-order valence-electron chi connectivity index (χ1n) is 11.2. The first kappa shape index (κ1) is 21.9. The van der Waals surface area contributed by atoms with Crippen LogP contribution < -0.4 is 20.2 Å². The fraction of sp³-hybridized carbons (Fsp3) is 0.333. The molecule has 3 aromatic carbocycles. The van der Waals surface area contributed by atoms with E-state index in [2.05, 4.69) is 78.6 Å². The Morgan fingerprint density at radius 2 is 1.65 bits per heavy atom. The van der Waals surface area contributed by atoms with Gasteiger partial charge >= 0.3 is 0 Å². The lowest BCUT2D eigenvalue weighted by Crippen LogP contribution is -2.33. The fourth-order valence-electron chi connectivity index (χ4n) is 4.27. The van der Waals surface area contributed by atoms with Crippen LogP contribution in [0.15, 0.2) is 66.7 Å². The van der Waals surface area contributed by atoms with Gasteiger partial charge < -0.3 is 14.4 Å². The standard InChI is InChI=1S/C27H32NO2P/c1-21-11-9-15-24(28-17-7-4-8-18-28)27(21)31-25-16-10-14-23(26(25)30-20-29-2)19-22-12-5-3-6-13-22/h3,5-6,9-16,31H,4,7-8,17-20H2,1-2H3. The van der Waals surface area contributed by atoms with Crippen molar-refractivity contribution >= 4 is 24.9 Å². The van der Waals surface area contributed by atoms with Gasteiger partial charge in [0.2, 0.25) is 0 Å². The highest BCUT2D eigenvalue weighted by molar-refractivity contribution is 7.56. The first-order valence-corrected chi connectivity index (χ1v) is 12.2. The van der Waals surface area contributed by atoms with E-state index in [0.717, 1.165) is 25.3 Å². The number of piperidine rings is 1. The minimum absolute atomic E-state index is 0.260. The molecular formula is C27H32NO2P. The number of nitrogens with zero attached hydrogens (tertiary/aromatic N) is 1. The largest absolute Gasteiger partial charge is 0.467 e. The van der Waals surface area contributed by atoms with Crippen molar-refractivity contribution in [1.29, 1.82) is 0 Å². The molecule has 3 nitrogen and oxygen atoms in total. The van der Waals surface area contributed by atoms with Gasteiger partial charge in [-0.05, 0) is 48.9 Å². The van der Waals surface area contributed by atoms with Crippen LogP contribution in [0.2, 0.25) is 0 Å². The van der Waals surface area contributed by atoms with Crippen LogP contribution in [-0.4, -0.2) is 27.0 Å². The van der Waals surface area contributed by atoms with Crippen LogP contribution in [-0.2, 0) is 11.2 Å². The van der Waals surface area contributed by atoms with E-state index in [1.807, 2.05) is 0 Å². The van der Waals surface area contributed by atoms with Gasteiger partial charge in [0.15, 0.2) is 6.79 Å². The topological polar surface area (TPSA) is 21.7 Å². The smallest absolute Gasteiger partial charge is 0.188 e. The van der Waals surface area contributed by atoms with Crippen molar-refractivity contribution in [1.82, 2.24) is 0 Å².